The molecule has 1 aromatic carbocycles. The van der Waals surface area contributed by atoms with Crippen molar-refractivity contribution in [1.82, 2.24) is 4.98 Å². The smallest absolute Gasteiger partial charge is 0.181 e. The molecule has 2 heteroatoms. The molecule has 0 saturated carbocycles. The second-order valence-corrected chi connectivity index (χ2v) is 2.57. The highest BCUT2D eigenvalue weighted by atomic mass is 16.3. The first-order chi connectivity index (χ1) is 6.40. The van der Waals surface area contributed by atoms with E-state index in [9.17, 15) is 0 Å². The number of aromatic nitrogens is 1. The lowest BCUT2D eigenvalue weighted by Gasteiger charge is -1.94. The fourth-order valence-corrected chi connectivity index (χ4v) is 1.08. The summed E-state index contributed by atoms with van der Waals surface area (Å²) in [5.74, 6) is 3.04. The van der Waals surface area contributed by atoms with Crippen LogP contribution in [0.5, 0.6) is 0 Å². The van der Waals surface area contributed by atoms with Crippen LogP contribution in [0.1, 0.15) is 5.56 Å². The molecule has 0 aliphatic carbocycles. The maximum absolute atomic E-state index is 6.90. The van der Waals surface area contributed by atoms with E-state index in [2.05, 4.69) is 10.9 Å². The van der Waals surface area contributed by atoms with Crippen molar-refractivity contribution in [3.8, 4) is 17.2 Å². The van der Waals surface area contributed by atoms with Crippen molar-refractivity contribution in [2.75, 3.05) is 0 Å². The molecule has 1 radical (unpaired) electrons. The van der Waals surface area contributed by atoms with Gasteiger partial charge in [0.2, 0.25) is 0 Å². The molecule has 0 aliphatic rings. The van der Waals surface area contributed by atoms with Gasteiger partial charge in [-0.2, -0.15) is 0 Å². The number of oxazole rings is 1. The molecule has 2 aromatic rings. The molecule has 0 bridgehead atoms. The Balaban J connectivity index is 2.40. The van der Waals surface area contributed by atoms with Gasteiger partial charge in [-0.25, -0.2) is 4.98 Å². The summed E-state index contributed by atoms with van der Waals surface area (Å²) in [4.78, 5) is 3.82. The molecule has 0 spiro atoms. The Hall–Kier alpha value is -2.01. The van der Waals surface area contributed by atoms with E-state index in [4.69, 9.17) is 10.8 Å². The van der Waals surface area contributed by atoms with E-state index in [1.165, 1.54) is 6.39 Å². The summed E-state index contributed by atoms with van der Waals surface area (Å²) in [6, 6.07) is 7.37. The van der Waals surface area contributed by atoms with Crippen molar-refractivity contribution in [3.05, 3.63) is 48.8 Å². The van der Waals surface area contributed by atoms with Crippen LogP contribution < -0.4 is 0 Å². The summed E-state index contributed by atoms with van der Waals surface area (Å²) in [5.41, 5.74) is 1.71. The summed E-state index contributed by atoms with van der Waals surface area (Å²) in [6.45, 7) is 0. The van der Waals surface area contributed by atoms with Crippen LogP contribution >= 0.6 is 0 Å². The van der Waals surface area contributed by atoms with Crippen LogP contribution in [-0.2, 0) is 0 Å². The topological polar surface area (TPSA) is 26.0 Å². The highest BCUT2D eigenvalue weighted by Gasteiger charge is 1.99. The molecule has 0 fully saturated rings. The van der Waals surface area contributed by atoms with Gasteiger partial charge in [0.05, 0.1) is 6.20 Å². The van der Waals surface area contributed by atoms with Crippen LogP contribution in [0.25, 0.3) is 11.3 Å². The fraction of sp³-hybridized carbons (Fsp3) is 0. The molecule has 0 amide bonds. The SMILES string of the molecule is [C]#Cc1ccc(-c2cnco2)cc1. The van der Waals surface area contributed by atoms with Gasteiger partial charge in [-0.3, -0.25) is 0 Å². The van der Waals surface area contributed by atoms with Gasteiger partial charge < -0.3 is 4.42 Å². The van der Waals surface area contributed by atoms with Crippen LogP contribution in [0.2, 0.25) is 0 Å². The lowest BCUT2D eigenvalue weighted by molar-refractivity contribution is 0.572. The minimum absolute atomic E-state index is 0.733. The van der Waals surface area contributed by atoms with Crippen molar-refractivity contribution < 1.29 is 4.42 Å². The molecule has 1 aromatic heterocycles. The molecular weight excluding hydrogens is 162 g/mol. The summed E-state index contributed by atoms with van der Waals surface area (Å²) >= 11 is 0. The lowest BCUT2D eigenvalue weighted by atomic mass is 10.1. The van der Waals surface area contributed by atoms with Crippen LogP contribution in [0.4, 0.5) is 0 Å². The third kappa shape index (κ3) is 1.45. The van der Waals surface area contributed by atoms with E-state index in [1.54, 1.807) is 6.20 Å². The molecule has 13 heavy (non-hydrogen) atoms. The van der Waals surface area contributed by atoms with Crippen molar-refractivity contribution >= 4 is 0 Å². The third-order valence-electron chi connectivity index (χ3n) is 1.75. The van der Waals surface area contributed by atoms with E-state index in [0.717, 1.165) is 16.9 Å². The van der Waals surface area contributed by atoms with Gasteiger partial charge in [0.15, 0.2) is 12.2 Å². The van der Waals surface area contributed by atoms with Crippen molar-refractivity contribution in [1.29, 1.82) is 0 Å². The van der Waals surface area contributed by atoms with E-state index < -0.39 is 0 Å². The van der Waals surface area contributed by atoms with Crippen LogP contribution in [0, 0.1) is 12.3 Å². The van der Waals surface area contributed by atoms with E-state index in [0.29, 0.717) is 0 Å². The first-order valence-corrected chi connectivity index (χ1v) is 3.82. The summed E-state index contributed by atoms with van der Waals surface area (Å²) in [5, 5.41) is 0. The first-order valence-electron chi connectivity index (χ1n) is 3.82. The van der Waals surface area contributed by atoms with Gasteiger partial charge in [-0.05, 0) is 30.7 Å². The van der Waals surface area contributed by atoms with E-state index in [-0.39, 0.29) is 0 Å². The van der Waals surface area contributed by atoms with Crippen molar-refractivity contribution in [2.45, 2.75) is 0 Å². The zero-order valence-corrected chi connectivity index (χ0v) is 6.82. The van der Waals surface area contributed by atoms with Gasteiger partial charge in [0, 0.05) is 11.1 Å². The second kappa shape index (κ2) is 3.16. The Morgan fingerprint density at radius 3 is 2.54 bits per heavy atom. The monoisotopic (exact) mass is 168 g/mol. The first kappa shape index (κ1) is 7.63. The van der Waals surface area contributed by atoms with Crippen LogP contribution in [0.3, 0.4) is 0 Å². The van der Waals surface area contributed by atoms with E-state index in [1.807, 2.05) is 24.3 Å². The minimum Gasteiger partial charge on any atom is -0.444 e. The lowest BCUT2D eigenvalue weighted by Crippen LogP contribution is -1.75. The summed E-state index contributed by atoms with van der Waals surface area (Å²) < 4.78 is 5.11. The van der Waals surface area contributed by atoms with Crippen LogP contribution in [0.15, 0.2) is 41.3 Å². The molecule has 2 nitrogen and oxygen atoms in total. The molecule has 0 atom stereocenters. The Bertz CT molecular complexity index is 420. The predicted octanol–water partition coefficient (Wildman–Crippen LogP) is 2.28. The number of nitrogens with zero attached hydrogens (tertiary/aromatic N) is 1. The minimum atomic E-state index is 0.733. The third-order valence-corrected chi connectivity index (χ3v) is 1.75. The summed E-state index contributed by atoms with van der Waals surface area (Å²) in [6.07, 6.45) is 9.95. The Morgan fingerprint density at radius 2 is 2.00 bits per heavy atom. The second-order valence-electron chi connectivity index (χ2n) is 2.57. The number of rotatable bonds is 1. The fourth-order valence-electron chi connectivity index (χ4n) is 1.08. The van der Waals surface area contributed by atoms with Crippen molar-refractivity contribution in [3.63, 3.8) is 0 Å². The van der Waals surface area contributed by atoms with Gasteiger partial charge in [-0.1, -0.05) is 5.92 Å². The van der Waals surface area contributed by atoms with Gasteiger partial charge in [-0.15, -0.1) is 0 Å². The van der Waals surface area contributed by atoms with Gasteiger partial charge in [0.1, 0.15) is 0 Å². The zero-order chi connectivity index (χ0) is 9.10. The van der Waals surface area contributed by atoms with Gasteiger partial charge >= 0.3 is 0 Å². The average molecular weight is 168 g/mol. The molecule has 61 valence electrons. The molecule has 0 N–H and O–H groups in total. The number of benzene rings is 1. The molecule has 1 heterocycles. The highest BCUT2D eigenvalue weighted by molar-refractivity contribution is 5.57. The molecule has 2 rings (SSSR count). The average Bonchev–Trinajstić information content (AvgIpc) is 2.71. The zero-order valence-electron chi connectivity index (χ0n) is 6.82. The highest BCUT2D eigenvalue weighted by Crippen LogP contribution is 2.18. The standard InChI is InChI=1S/C11H6NO/c1-2-9-3-5-10(6-4-9)11-7-12-8-13-11/h3-8H. The summed E-state index contributed by atoms with van der Waals surface area (Å²) in [7, 11) is 0. The molecule has 0 unspecified atom stereocenters. The Kier molecular flexibility index (Phi) is 1.85. The molecule has 0 aliphatic heterocycles. The maximum atomic E-state index is 6.90. The van der Waals surface area contributed by atoms with Crippen molar-refractivity contribution in [2.24, 2.45) is 0 Å². The number of hydrogen-bond donors (Lipinski definition) is 0. The largest absolute Gasteiger partial charge is 0.444 e. The quantitative estimate of drug-likeness (QED) is 0.610. The molecule has 0 saturated heterocycles. The Morgan fingerprint density at radius 1 is 1.23 bits per heavy atom. The number of hydrogen-bond acceptors (Lipinski definition) is 2. The van der Waals surface area contributed by atoms with Gasteiger partial charge in [0.25, 0.3) is 0 Å². The normalized spacial score (nSPS) is 9.46. The Labute approximate surface area is 76.2 Å². The van der Waals surface area contributed by atoms with Crippen LogP contribution in [-0.4, -0.2) is 4.98 Å². The molecular formula is C11H6NO. The van der Waals surface area contributed by atoms with E-state index >= 15 is 0 Å². The maximum Gasteiger partial charge on any atom is 0.181 e. The predicted molar refractivity (Wildman–Crippen MR) is 48.2 cm³/mol.